The third kappa shape index (κ3) is 5.02. The Morgan fingerprint density at radius 3 is 2.55 bits per heavy atom. The lowest BCUT2D eigenvalue weighted by Crippen LogP contribution is -2.24. The molecule has 7 heteroatoms. The van der Waals surface area contributed by atoms with E-state index in [0.29, 0.717) is 5.92 Å². The molecule has 1 aromatic carbocycles. The molecule has 0 radical (unpaired) electrons. The van der Waals surface area contributed by atoms with Gasteiger partial charge in [0.25, 0.3) is 10.1 Å². The molecule has 0 saturated carbocycles. The lowest BCUT2D eigenvalue weighted by molar-refractivity contribution is 0.255. The van der Waals surface area contributed by atoms with Crippen molar-refractivity contribution in [2.75, 3.05) is 5.32 Å². The van der Waals surface area contributed by atoms with Crippen molar-refractivity contribution in [3.8, 4) is 0 Å². The fourth-order valence-electron chi connectivity index (χ4n) is 1.25. The standard InChI is InChI=1S/C13H18N2O4S/c1-9(2)10(3)8-14-13(16)15-11-5-4-6-12(7-11)20(17,18)19/h4-9H,1-3H3,(H2,14,15,16)(H,17,18,19)/b10-8+. The van der Waals surface area contributed by atoms with Crippen molar-refractivity contribution in [2.24, 2.45) is 5.92 Å². The van der Waals surface area contributed by atoms with Crippen molar-refractivity contribution in [2.45, 2.75) is 25.7 Å². The number of nitrogens with one attached hydrogen (secondary N) is 2. The summed E-state index contributed by atoms with van der Waals surface area (Å²) in [4.78, 5) is 11.3. The quantitative estimate of drug-likeness (QED) is 0.744. The van der Waals surface area contributed by atoms with Crippen molar-refractivity contribution in [3.05, 3.63) is 36.0 Å². The Morgan fingerprint density at radius 2 is 2.00 bits per heavy atom. The number of amides is 2. The first-order valence-corrected chi connectivity index (χ1v) is 7.46. The normalized spacial score (nSPS) is 12.3. The number of benzene rings is 1. The Labute approximate surface area is 118 Å². The summed E-state index contributed by atoms with van der Waals surface area (Å²) in [5, 5.41) is 5.02. The van der Waals surface area contributed by atoms with Crippen molar-refractivity contribution in [1.82, 2.24) is 5.32 Å². The minimum Gasteiger partial charge on any atom is -0.314 e. The van der Waals surface area contributed by atoms with Crippen LogP contribution in [0.1, 0.15) is 20.8 Å². The molecular formula is C13H18N2O4S. The molecule has 110 valence electrons. The highest BCUT2D eigenvalue weighted by Gasteiger charge is 2.10. The average Bonchev–Trinajstić information content (AvgIpc) is 2.35. The van der Waals surface area contributed by atoms with Gasteiger partial charge in [0.05, 0.1) is 4.90 Å². The molecule has 2 amide bonds. The predicted molar refractivity (Wildman–Crippen MR) is 77.0 cm³/mol. The first-order valence-electron chi connectivity index (χ1n) is 6.02. The van der Waals surface area contributed by atoms with Crippen LogP contribution in [-0.4, -0.2) is 19.0 Å². The van der Waals surface area contributed by atoms with Gasteiger partial charge in [0.15, 0.2) is 0 Å². The van der Waals surface area contributed by atoms with E-state index in [1.54, 1.807) is 6.20 Å². The van der Waals surface area contributed by atoms with Crippen LogP contribution in [0.15, 0.2) is 40.9 Å². The summed E-state index contributed by atoms with van der Waals surface area (Å²) < 4.78 is 30.9. The molecule has 20 heavy (non-hydrogen) atoms. The number of anilines is 1. The number of rotatable bonds is 4. The third-order valence-electron chi connectivity index (χ3n) is 2.73. The largest absolute Gasteiger partial charge is 0.323 e. The van der Waals surface area contributed by atoms with Crippen molar-refractivity contribution in [1.29, 1.82) is 0 Å². The van der Waals surface area contributed by atoms with Gasteiger partial charge in [-0.15, -0.1) is 0 Å². The Hall–Kier alpha value is -1.86. The second-order valence-electron chi connectivity index (χ2n) is 4.64. The van der Waals surface area contributed by atoms with Crippen LogP contribution in [0.25, 0.3) is 0 Å². The summed E-state index contributed by atoms with van der Waals surface area (Å²) in [7, 11) is -4.28. The molecule has 0 aliphatic heterocycles. The summed E-state index contributed by atoms with van der Waals surface area (Å²) in [5.41, 5.74) is 1.28. The van der Waals surface area contributed by atoms with E-state index in [0.717, 1.165) is 5.57 Å². The average molecular weight is 298 g/mol. The van der Waals surface area contributed by atoms with Crippen LogP contribution >= 0.6 is 0 Å². The Kier molecular flexibility index (Phi) is 5.29. The molecule has 1 aromatic rings. The summed E-state index contributed by atoms with van der Waals surface area (Å²) in [6.45, 7) is 5.89. The highest BCUT2D eigenvalue weighted by molar-refractivity contribution is 7.85. The molecule has 0 atom stereocenters. The van der Waals surface area contributed by atoms with E-state index in [1.807, 2.05) is 20.8 Å². The van der Waals surface area contributed by atoms with Gasteiger partial charge in [-0.05, 0) is 31.0 Å². The topological polar surface area (TPSA) is 95.5 Å². The van der Waals surface area contributed by atoms with Gasteiger partial charge in [0.2, 0.25) is 0 Å². The van der Waals surface area contributed by atoms with Gasteiger partial charge in [-0.3, -0.25) is 4.55 Å². The fraction of sp³-hybridized carbons (Fsp3) is 0.308. The summed E-state index contributed by atoms with van der Waals surface area (Å²) in [6.07, 6.45) is 1.59. The Balaban J connectivity index is 2.75. The minimum absolute atomic E-state index is 0.272. The lowest BCUT2D eigenvalue weighted by Gasteiger charge is -2.08. The first kappa shape index (κ1) is 16.2. The Bertz CT molecular complexity index is 621. The highest BCUT2D eigenvalue weighted by atomic mass is 32.2. The maximum atomic E-state index is 11.6. The number of hydrogen-bond donors (Lipinski definition) is 3. The SMILES string of the molecule is C/C(=C\NC(=O)Nc1cccc(S(=O)(=O)O)c1)C(C)C. The molecule has 6 nitrogen and oxygen atoms in total. The Morgan fingerprint density at radius 1 is 1.35 bits per heavy atom. The zero-order valence-electron chi connectivity index (χ0n) is 11.5. The number of carbonyl (C=O) groups is 1. The first-order chi connectivity index (χ1) is 9.20. The van der Waals surface area contributed by atoms with E-state index in [9.17, 15) is 13.2 Å². The van der Waals surface area contributed by atoms with Gasteiger partial charge < -0.3 is 10.6 Å². The molecule has 0 saturated heterocycles. The van der Waals surface area contributed by atoms with E-state index in [1.165, 1.54) is 24.3 Å². The number of carbonyl (C=O) groups excluding carboxylic acids is 1. The van der Waals surface area contributed by atoms with Crippen molar-refractivity contribution >= 4 is 21.8 Å². The number of allylic oxidation sites excluding steroid dienone is 1. The van der Waals surface area contributed by atoms with Gasteiger partial charge in [0.1, 0.15) is 0 Å². The molecule has 0 aliphatic carbocycles. The molecule has 0 aromatic heterocycles. The summed E-state index contributed by atoms with van der Waals surface area (Å²) in [6, 6.07) is 4.87. The smallest absolute Gasteiger partial charge is 0.314 e. The zero-order valence-corrected chi connectivity index (χ0v) is 12.4. The maximum Gasteiger partial charge on any atom is 0.323 e. The van der Waals surface area contributed by atoms with Crippen LogP contribution < -0.4 is 10.6 Å². The van der Waals surface area contributed by atoms with Gasteiger partial charge in [-0.25, -0.2) is 4.79 Å². The molecule has 0 unspecified atom stereocenters. The summed E-state index contributed by atoms with van der Waals surface area (Å²) >= 11 is 0. The van der Waals surface area contributed by atoms with Crippen LogP contribution in [0.4, 0.5) is 10.5 Å². The van der Waals surface area contributed by atoms with Gasteiger partial charge in [0, 0.05) is 11.9 Å². The second-order valence-corrected chi connectivity index (χ2v) is 6.07. The molecule has 3 N–H and O–H groups in total. The van der Waals surface area contributed by atoms with E-state index in [4.69, 9.17) is 4.55 Å². The molecular weight excluding hydrogens is 280 g/mol. The molecule has 0 heterocycles. The van der Waals surface area contributed by atoms with Crippen LogP contribution in [0.3, 0.4) is 0 Å². The highest BCUT2D eigenvalue weighted by Crippen LogP contribution is 2.15. The molecule has 0 aliphatic rings. The van der Waals surface area contributed by atoms with Crippen LogP contribution in [0, 0.1) is 5.92 Å². The van der Waals surface area contributed by atoms with E-state index >= 15 is 0 Å². The van der Waals surface area contributed by atoms with Crippen LogP contribution in [0.5, 0.6) is 0 Å². The maximum absolute atomic E-state index is 11.6. The predicted octanol–water partition coefficient (Wildman–Crippen LogP) is 2.61. The number of hydrogen-bond acceptors (Lipinski definition) is 3. The fourth-order valence-corrected chi connectivity index (χ4v) is 1.77. The molecule has 0 fully saturated rings. The van der Waals surface area contributed by atoms with E-state index < -0.39 is 16.1 Å². The number of urea groups is 1. The lowest BCUT2D eigenvalue weighted by atomic mass is 10.1. The second kappa shape index (κ2) is 6.53. The van der Waals surface area contributed by atoms with Gasteiger partial charge in [-0.2, -0.15) is 8.42 Å². The molecule has 1 rings (SSSR count). The van der Waals surface area contributed by atoms with E-state index in [2.05, 4.69) is 10.6 Å². The van der Waals surface area contributed by atoms with Crippen molar-refractivity contribution in [3.63, 3.8) is 0 Å². The van der Waals surface area contributed by atoms with Gasteiger partial charge >= 0.3 is 6.03 Å². The van der Waals surface area contributed by atoms with Crippen LogP contribution in [0.2, 0.25) is 0 Å². The van der Waals surface area contributed by atoms with E-state index in [-0.39, 0.29) is 10.6 Å². The van der Waals surface area contributed by atoms with Gasteiger partial charge in [-0.1, -0.05) is 25.5 Å². The summed E-state index contributed by atoms with van der Waals surface area (Å²) in [5.74, 6) is 0.318. The minimum atomic E-state index is -4.28. The van der Waals surface area contributed by atoms with Crippen LogP contribution in [-0.2, 0) is 10.1 Å². The molecule has 0 bridgehead atoms. The monoisotopic (exact) mass is 298 g/mol. The zero-order chi connectivity index (χ0) is 15.3. The van der Waals surface area contributed by atoms with Crippen molar-refractivity contribution < 1.29 is 17.8 Å². The third-order valence-corrected chi connectivity index (χ3v) is 3.58. The molecule has 0 spiro atoms.